The number of ether oxygens (including phenoxy) is 1. The van der Waals surface area contributed by atoms with Crippen molar-refractivity contribution in [3.8, 4) is 0 Å². The third-order valence-electron chi connectivity index (χ3n) is 3.61. The van der Waals surface area contributed by atoms with Crippen LogP contribution in [0, 0.1) is 6.92 Å². The van der Waals surface area contributed by atoms with Crippen molar-refractivity contribution in [1.29, 1.82) is 0 Å². The van der Waals surface area contributed by atoms with Gasteiger partial charge in [0.05, 0.1) is 10.2 Å². The van der Waals surface area contributed by atoms with E-state index in [-0.39, 0.29) is 17.5 Å². The third-order valence-corrected chi connectivity index (χ3v) is 4.18. The van der Waals surface area contributed by atoms with E-state index in [0.29, 0.717) is 23.3 Å². The third kappa shape index (κ3) is 2.20. The van der Waals surface area contributed by atoms with Crippen LogP contribution in [0.3, 0.4) is 0 Å². The molecule has 2 aromatic heterocycles. The van der Waals surface area contributed by atoms with Gasteiger partial charge in [-0.2, -0.15) is 4.98 Å². The fourth-order valence-corrected chi connectivity index (χ4v) is 3.04. The Morgan fingerprint density at radius 2 is 2.10 bits per heavy atom. The molecule has 0 aromatic carbocycles. The van der Waals surface area contributed by atoms with Gasteiger partial charge in [0.25, 0.3) is 5.56 Å². The molecule has 0 bridgehead atoms. The molecule has 106 valence electrons. The predicted octanol–water partition coefficient (Wildman–Crippen LogP) is 1.80. The highest BCUT2D eigenvalue weighted by molar-refractivity contribution is 9.10. The maximum absolute atomic E-state index is 12.5. The first kappa shape index (κ1) is 13.5. The Hall–Kier alpha value is -1.47. The molecular formula is C13H15BrN4O2. The molecule has 2 N–H and O–H groups in total. The number of nitrogens with two attached hydrogens (primary N) is 1. The largest absolute Gasteiger partial charge is 0.381 e. The Bertz CT molecular complexity index is 722. The van der Waals surface area contributed by atoms with Crippen molar-refractivity contribution >= 4 is 32.9 Å². The molecule has 0 saturated carbocycles. The summed E-state index contributed by atoms with van der Waals surface area (Å²) in [5.41, 5.74) is 7.03. The van der Waals surface area contributed by atoms with Gasteiger partial charge in [0.15, 0.2) is 0 Å². The highest BCUT2D eigenvalue weighted by Gasteiger charge is 2.21. The molecule has 2 aromatic rings. The van der Waals surface area contributed by atoms with Crippen molar-refractivity contribution in [2.24, 2.45) is 0 Å². The Morgan fingerprint density at radius 3 is 2.80 bits per heavy atom. The average Bonchev–Trinajstić information content (AvgIpc) is 2.42. The minimum Gasteiger partial charge on any atom is -0.381 e. The second-order valence-corrected chi connectivity index (χ2v) is 5.77. The average molecular weight is 339 g/mol. The Kier molecular flexibility index (Phi) is 3.47. The van der Waals surface area contributed by atoms with Crippen molar-refractivity contribution in [2.75, 3.05) is 18.9 Å². The minimum absolute atomic E-state index is 0.0816. The topological polar surface area (TPSA) is 83.0 Å². The lowest BCUT2D eigenvalue weighted by molar-refractivity contribution is 0.0696. The van der Waals surface area contributed by atoms with Gasteiger partial charge in [-0.15, -0.1) is 0 Å². The van der Waals surface area contributed by atoms with Crippen molar-refractivity contribution in [3.63, 3.8) is 0 Å². The van der Waals surface area contributed by atoms with Crippen LogP contribution in [0.5, 0.6) is 0 Å². The molecule has 3 heterocycles. The SMILES string of the molecule is Cc1nc(N)nc2c1cc(Br)c(=O)n2C1CCOCC1. The van der Waals surface area contributed by atoms with Crippen LogP contribution in [0.15, 0.2) is 15.3 Å². The van der Waals surface area contributed by atoms with Gasteiger partial charge in [-0.3, -0.25) is 9.36 Å². The van der Waals surface area contributed by atoms with E-state index in [1.807, 2.05) is 6.92 Å². The summed E-state index contributed by atoms with van der Waals surface area (Å²) in [7, 11) is 0. The summed E-state index contributed by atoms with van der Waals surface area (Å²) in [6.07, 6.45) is 1.60. The number of fused-ring (bicyclic) bond motifs is 1. The van der Waals surface area contributed by atoms with Crippen molar-refractivity contribution in [2.45, 2.75) is 25.8 Å². The van der Waals surface area contributed by atoms with Crippen LogP contribution in [0.1, 0.15) is 24.6 Å². The molecule has 1 aliphatic rings. The normalized spacial score (nSPS) is 16.7. The van der Waals surface area contributed by atoms with Crippen molar-refractivity contribution < 1.29 is 4.74 Å². The summed E-state index contributed by atoms with van der Waals surface area (Å²) >= 11 is 3.34. The number of aryl methyl sites for hydroxylation is 1. The van der Waals surface area contributed by atoms with Gasteiger partial charge in [-0.1, -0.05) is 0 Å². The highest BCUT2D eigenvalue weighted by Crippen LogP contribution is 2.26. The molecular weight excluding hydrogens is 324 g/mol. The molecule has 7 heteroatoms. The molecule has 0 radical (unpaired) electrons. The number of nitrogen functional groups attached to an aromatic ring is 1. The number of aromatic nitrogens is 3. The lowest BCUT2D eigenvalue weighted by Gasteiger charge is -2.25. The first-order valence-electron chi connectivity index (χ1n) is 6.50. The second kappa shape index (κ2) is 5.14. The van der Waals surface area contributed by atoms with E-state index < -0.39 is 0 Å². The molecule has 0 amide bonds. The van der Waals surface area contributed by atoms with Gasteiger partial charge < -0.3 is 10.5 Å². The fraction of sp³-hybridized carbons (Fsp3) is 0.462. The Labute approximate surface area is 124 Å². The Morgan fingerprint density at radius 1 is 1.40 bits per heavy atom. The highest BCUT2D eigenvalue weighted by atomic mass is 79.9. The molecule has 0 unspecified atom stereocenters. The molecule has 1 fully saturated rings. The van der Waals surface area contributed by atoms with E-state index in [9.17, 15) is 4.79 Å². The smallest absolute Gasteiger partial charge is 0.266 e. The zero-order valence-corrected chi connectivity index (χ0v) is 12.7. The number of rotatable bonds is 1. The zero-order chi connectivity index (χ0) is 14.3. The fourth-order valence-electron chi connectivity index (χ4n) is 2.62. The number of hydrogen-bond acceptors (Lipinski definition) is 5. The van der Waals surface area contributed by atoms with Crippen LogP contribution < -0.4 is 11.3 Å². The van der Waals surface area contributed by atoms with Crippen molar-refractivity contribution in [3.05, 3.63) is 26.6 Å². The van der Waals surface area contributed by atoms with Gasteiger partial charge in [0.1, 0.15) is 5.65 Å². The lowest BCUT2D eigenvalue weighted by atomic mass is 10.1. The number of nitrogens with zero attached hydrogens (tertiary/aromatic N) is 3. The Balaban J connectivity index is 2.32. The predicted molar refractivity (Wildman–Crippen MR) is 79.7 cm³/mol. The number of pyridine rings is 1. The van der Waals surface area contributed by atoms with Crippen LogP contribution in [0.2, 0.25) is 0 Å². The number of halogens is 1. The summed E-state index contributed by atoms with van der Waals surface area (Å²) in [6.45, 7) is 3.18. The van der Waals surface area contributed by atoms with Crippen LogP contribution in [0.25, 0.3) is 11.0 Å². The minimum atomic E-state index is -0.0816. The maximum atomic E-state index is 12.5. The monoisotopic (exact) mass is 338 g/mol. The molecule has 20 heavy (non-hydrogen) atoms. The molecule has 0 atom stereocenters. The molecule has 1 saturated heterocycles. The molecule has 0 spiro atoms. The van der Waals surface area contributed by atoms with Gasteiger partial charge in [-0.25, -0.2) is 4.98 Å². The van der Waals surface area contributed by atoms with Crippen LogP contribution in [-0.4, -0.2) is 27.7 Å². The van der Waals surface area contributed by atoms with Gasteiger partial charge in [-0.05, 0) is 41.8 Å². The number of anilines is 1. The first-order chi connectivity index (χ1) is 9.58. The maximum Gasteiger partial charge on any atom is 0.266 e. The van der Waals surface area contributed by atoms with Crippen molar-refractivity contribution in [1.82, 2.24) is 14.5 Å². The zero-order valence-electron chi connectivity index (χ0n) is 11.1. The van der Waals surface area contributed by atoms with E-state index in [1.165, 1.54) is 0 Å². The van der Waals surface area contributed by atoms with Gasteiger partial charge in [0.2, 0.25) is 5.95 Å². The summed E-state index contributed by atoms with van der Waals surface area (Å²) in [4.78, 5) is 20.9. The van der Waals surface area contributed by atoms with Gasteiger partial charge in [0, 0.05) is 24.6 Å². The van der Waals surface area contributed by atoms with E-state index in [4.69, 9.17) is 10.5 Å². The lowest BCUT2D eigenvalue weighted by Crippen LogP contribution is -2.30. The summed E-state index contributed by atoms with van der Waals surface area (Å²) in [5, 5.41) is 0.845. The van der Waals surface area contributed by atoms with Crippen LogP contribution in [-0.2, 0) is 4.74 Å². The van der Waals surface area contributed by atoms with E-state index in [2.05, 4.69) is 25.9 Å². The van der Waals surface area contributed by atoms with E-state index in [1.54, 1.807) is 10.6 Å². The van der Waals surface area contributed by atoms with Gasteiger partial charge >= 0.3 is 0 Å². The summed E-state index contributed by atoms with van der Waals surface area (Å²) in [6, 6.07) is 1.85. The van der Waals surface area contributed by atoms with Crippen LogP contribution in [0.4, 0.5) is 5.95 Å². The molecule has 3 rings (SSSR count). The second-order valence-electron chi connectivity index (χ2n) is 4.92. The molecule has 0 aliphatic carbocycles. The molecule has 1 aliphatic heterocycles. The van der Waals surface area contributed by atoms with E-state index in [0.717, 1.165) is 23.9 Å². The van der Waals surface area contributed by atoms with Crippen LogP contribution >= 0.6 is 15.9 Å². The van der Waals surface area contributed by atoms with E-state index >= 15 is 0 Å². The number of hydrogen-bond donors (Lipinski definition) is 1. The quantitative estimate of drug-likeness (QED) is 0.857. The standard InChI is InChI=1S/C13H15BrN4O2/c1-7-9-6-10(14)12(19)18(8-2-4-20-5-3-8)11(9)17-13(15)16-7/h6,8H,2-5H2,1H3,(H2,15,16,17). The first-order valence-corrected chi connectivity index (χ1v) is 7.30. The molecule has 6 nitrogen and oxygen atoms in total. The summed E-state index contributed by atoms with van der Waals surface area (Å²) in [5.74, 6) is 0.192. The summed E-state index contributed by atoms with van der Waals surface area (Å²) < 4.78 is 7.62.